The largest absolute Gasteiger partial charge is 0.475 e. The van der Waals surface area contributed by atoms with Gasteiger partial charge in [0.05, 0.1) is 10.1 Å². The van der Waals surface area contributed by atoms with E-state index in [0.717, 1.165) is 24.4 Å². The number of nitrogens with one attached hydrogen (secondary N) is 1. The van der Waals surface area contributed by atoms with Crippen LogP contribution in [0.2, 0.25) is 0 Å². The van der Waals surface area contributed by atoms with Crippen LogP contribution >= 0.6 is 23.9 Å². The molecule has 3 nitrogen and oxygen atoms in total. The topological polar surface area (TPSA) is 34.1 Å². The molecule has 0 radical (unpaired) electrons. The summed E-state index contributed by atoms with van der Waals surface area (Å²) in [6.07, 6.45) is 3.80. The summed E-state index contributed by atoms with van der Waals surface area (Å²) in [4.78, 5) is 0. The number of piperidine rings is 1. The number of hydrogen-bond donors (Lipinski definition) is 1. The summed E-state index contributed by atoms with van der Waals surface area (Å²) < 4.78 is 11.4. The van der Waals surface area contributed by atoms with Crippen LogP contribution in [0, 0.1) is 0 Å². The minimum atomic E-state index is 0. The number of fused-ring (bicyclic) bond motifs is 1. The Bertz CT molecular complexity index is 496. The van der Waals surface area contributed by atoms with Crippen LogP contribution in [0.3, 0.4) is 0 Å². The highest BCUT2D eigenvalue weighted by Gasteiger charge is 2.14. The molecule has 5 heteroatoms. The molecule has 3 rings (SSSR count). The molecule has 1 fully saturated rings. The molecule has 18 heavy (non-hydrogen) atoms. The third-order valence-electron chi connectivity index (χ3n) is 3.18. The van der Waals surface area contributed by atoms with Gasteiger partial charge in [0.2, 0.25) is 5.88 Å². The third kappa shape index (κ3) is 2.94. The lowest BCUT2D eigenvalue weighted by Gasteiger charge is -2.22. The SMILES string of the molecule is Cl.c1ccc2c(OCC3CCCCN3)nsc2c1. The lowest BCUT2D eigenvalue weighted by molar-refractivity contribution is 0.236. The van der Waals surface area contributed by atoms with Crippen molar-refractivity contribution in [2.45, 2.75) is 25.3 Å². The van der Waals surface area contributed by atoms with Crippen molar-refractivity contribution in [2.75, 3.05) is 13.2 Å². The van der Waals surface area contributed by atoms with Crippen LogP contribution in [0.15, 0.2) is 24.3 Å². The van der Waals surface area contributed by atoms with Gasteiger partial charge in [0.25, 0.3) is 0 Å². The Kier molecular flexibility index (Phi) is 4.80. The first-order valence-electron chi connectivity index (χ1n) is 6.14. The van der Waals surface area contributed by atoms with Crippen LogP contribution in [-0.4, -0.2) is 23.6 Å². The number of nitrogens with zero attached hydrogens (tertiary/aromatic N) is 1. The van der Waals surface area contributed by atoms with E-state index in [9.17, 15) is 0 Å². The van der Waals surface area contributed by atoms with Crippen molar-refractivity contribution in [1.82, 2.24) is 9.69 Å². The first-order valence-corrected chi connectivity index (χ1v) is 6.91. The van der Waals surface area contributed by atoms with Gasteiger partial charge in [-0.1, -0.05) is 18.6 Å². The molecule has 1 aromatic heterocycles. The number of benzene rings is 1. The smallest absolute Gasteiger partial charge is 0.233 e. The number of rotatable bonds is 3. The summed E-state index contributed by atoms with van der Waals surface area (Å²) in [7, 11) is 0. The Morgan fingerprint density at radius 2 is 2.22 bits per heavy atom. The van der Waals surface area contributed by atoms with Gasteiger partial charge < -0.3 is 10.1 Å². The zero-order valence-electron chi connectivity index (χ0n) is 10.1. The molecule has 0 bridgehead atoms. The maximum Gasteiger partial charge on any atom is 0.233 e. The van der Waals surface area contributed by atoms with Crippen LogP contribution in [0.25, 0.3) is 10.1 Å². The molecule has 2 heterocycles. The zero-order chi connectivity index (χ0) is 11.5. The highest BCUT2D eigenvalue weighted by molar-refractivity contribution is 7.13. The van der Waals surface area contributed by atoms with Crippen molar-refractivity contribution in [1.29, 1.82) is 0 Å². The summed E-state index contributed by atoms with van der Waals surface area (Å²) in [5.41, 5.74) is 0. The van der Waals surface area contributed by atoms with Crippen LogP contribution in [0.4, 0.5) is 0 Å². The normalized spacial score (nSPS) is 19.4. The maximum atomic E-state index is 5.84. The molecule has 2 aromatic rings. The quantitative estimate of drug-likeness (QED) is 0.939. The van der Waals surface area contributed by atoms with Crippen LogP contribution in [0.1, 0.15) is 19.3 Å². The van der Waals surface area contributed by atoms with E-state index >= 15 is 0 Å². The highest BCUT2D eigenvalue weighted by Crippen LogP contribution is 2.28. The minimum absolute atomic E-state index is 0. The van der Waals surface area contributed by atoms with Gasteiger partial charge in [0, 0.05) is 6.04 Å². The molecule has 0 aliphatic carbocycles. The molecule has 98 valence electrons. The van der Waals surface area contributed by atoms with Gasteiger partial charge in [0.15, 0.2) is 0 Å². The van der Waals surface area contributed by atoms with Crippen molar-refractivity contribution in [3.8, 4) is 5.88 Å². The van der Waals surface area contributed by atoms with Crippen molar-refractivity contribution < 1.29 is 4.74 Å². The molecule has 1 aliphatic heterocycles. The molecule has 1 unspecified atom stereocenters. The predicted octanol–water partition coefficient (Wildman–Crippen LogP) is 3.24. The Labute approximate surface area is 117 Å². The molecule has 1 N–H and O–H groups in total. The first-order chi connectivity index (χ1) is 8.43. The van der Waals surface area contributed by atoms with Gasteiger partial charge in [0.1, 0.15) is 6.61 Å². The number of ether oxygens (including phenoxy) is 1. The molecule has 0 spiro atoms. The van der Waals surface area contributed by atoms with Gasteiger partial charge in [-0.2, -0.15) is 4.37 Å². The average Bonchev–Trinajstić information content (AvgIpc) is 2.81. The Morgan fingerprint density at radius 3 is 3.06 bits per heavy atom. The molecule has 0 saturated carbocycles. The van der Waals surface area contributed by atoms with E-state index in [4.69, 9.17) is 4.74 Å². The second-order valence-corrected chi connectivity index (χ2v) is 5.25. The fourth-order valence-corrected chi connectivity index (χ4v) is 2.94. The van der Waals surface area contributed by atoms with Crippen LogP contribution in [0.5, 0.6) is 5.88 Å². The Hall–Kier alpha value is -0.840. The highest BCUT2D eigenvalue weighted by atomic mass is 35.5. The third-order valence-corrected chi connectivity index (χ3v) is 3.99. The van der Waals surface area contributed by atoms with Gasteiger partial charge >= 0.3 is 0 Å². The van der Waals surface area contributed by atoms with E-state index < -0.39 is 0 Å². The summed E-state index contributed by atoms with van der Waals surface area (Å²) in [6, 6.07) is 8.71. The lowest BCUT2D eigenvalue weighted by Crippen LogP contribution is -2.38. The van der Waals surface area contributed by atoms with Crippen molar-refractivity contribution >= 4 is 34.0 Å². The molecule has 1 aromatic carbocycles. The molecule has 0 amide bonds. The van der Waals surface area contributed by atoms with Gasteiger partial charge in [-0.3, -0.25) is 0 Å². The van der Waals surface area contributed by atoms with Crippen molar-refractivity contribution in [2.24, 2.45) is 0 Å². The van der Waals surface area contributed by atoms with Crippen molar-refractivity contribution in [3.63, 3.8) is 0 Å². The summed E-state index contributed by atoms with van der Waals surface area (Å²) in [6.45, 7) is 1.85. The summed E-state index contributed by atoms with van der Waals surface area (Å²) >= 11 is 1.51. The van der Waals surface area contributed by atoms with E-state index in [1.807, 2.05) is 12.1 Å². The number of halogens is 1. The first kappa shape index (κ1) is 13.6. The van der Waals surface area contributed by atoms with E-state index in [1.165, 1.54) is 35.5 Å². The molecular formula is C13H17ClN2OS. The number of hydrogen-bond acceptors (Lipinski definition) is 4. The summed E-state index contributed by atoms with van der Waals surface area (Å²) in [5, 5.41) is 4.61. The molecule has 1 aliphatic rings. The Morgan fingerprint density at radius 1 is 1.33 bits per heavy atom. The molecule has 1 atom stereocenters. The average molecular weight is 285 g/mol. The standard InChI is InChI=1S/C13H16N2OS.ClH/c1-2-7-12-11(6-1)13(15-17-12)16-9-10-5-3-4-8-14-10;/h1-2,6-7,10,14H,3-5,8-9H2;1H. The van der Waals surface area contributed by atoms with Gasteiger partial charge in [-0.15, -0.1) is 12.4 Å². The predicted molar refractivity (Wildman–Crippen MR) is 78.0 cm³/mol. The zero-order valence-corrected chi connectivity index (χ0v) is 11.7. The molecular weight excluding hydrogens is 268 g/mol. The minimum Gasteiger partial charge on any atom is -0.475 e. The summed E-state index contributed by atoms with van der Waals surface area (Å²) in [5.74, 6) is 0.790. The molecule has 1 saturated heterocycles. The van der Waals surface area contributed by atoms with Gasteiger partial charge in [-0.05, 0) is 43.1 Å². The van der Waals surface area contributed by atoms with E-state index in [2.05, 4.69) is 21.8 Å². The van der Waals surface area contributed by atoms with Gasteiger partial charge in [-0.25, -0.2) is 0 Å². The second-order valence-electron chi connectivity index (χ2n) is 4.44. The lowest BCUT2D eigenvalue weighted by atomic mass is 10.1. The van der Waals surface area contributed by atoms with Crippen molar-refractivity contribution in [3.05, 3.63) is 24.3 Å². The monoisotopic (exact) mass is 284 g/mol. The number of aromatic nitrogens is 1. The Balaban J connectivity index is 0.00000120. The van der Waals surface area contributed by atoms with E-state index in [-0.39, 0.29) is 12.4 Å². The fraction of sp³-hybridized carbons (Fsp3) is 0.462. The van der Waals surface area contributed by atoms with E-state index in [0.29, 0.717) is 6.04 Å². The van der Waals surface area contributed by atoms with Crippen LogP contribution < -0.4 is 10.1 Å². The van der Waals surface area contributed by atoms with E-state index in [1.54, 1.807) is 0 Å². The second kappa shape index (κ2) is 6.36. The maximum absolute atomic E-state index is 5.84. The fourth-order valence-electron chi connectivity index (χ4n) is 2.21. The van der Waals surface area contributed by atoms with Crippen LogP contribution in [-0.2, 0) is 0 Å².